The molecule has 1 aliphatic heterocycles. The second-order valence-corrected chi connectivity index (χ2v) is 6.63. The lowest BCUT2D eigenvalue weighted by atomic mass is 10.1. The van der Waals surface area contributed by atoms with Crippen molar-refractivity contribution in [2.24, 2.45) is 0 Å². The maximum absolute atomic E-state index is 12.5. The number of benzene rings is 1. The van der Waals surface area contributed by atoms with Gasteiger partial charge in [-0.3, -0.25) is 19.7 Å². The number of methoxy groups -OCH3 is 2. The molecule has 2 N–H and O–H groups in total. The molecule has 0 saturated carbocycles. The summed E-state index contributed by atoms with van der Waals surface area (Å²) in [7, 11) is 2.74. The Kier molecular flexibility index (Phi) is 8.69. The highest BCUT2D eigenvalue weighted by Crippen LogP contribution is 2.12. The SMILES string of the molecule is COCCOC(=O)CC1C(=O)NCCN1C(=S)NC(=O)c1ccc(C(=O)OC)cc1. The van der Waals surface area contributed by atoms with Crippen LogP contribution in [0.4, 0.5) is 0 Å². The summed E-state index contributed by atoms with van der Waals surface area (Å²) in [5.74, 6) is -1.99. The van der Waals surface area contributed by atoms with Crippen molar-refractivity contribution in [3.63, 3.8) is 0 Å². The number of esters is 2. The number of carbonyl (C=O) groups excluding carboxylic acids is 4. The van der Waals surface area contributed by atoms with Gasteiger partial charge in [-0.25, -0.2) is 4.79 Å². The topological polar surface area (TPSA) is 123 Å². The van der Waals surface area contributed by atoms with Crippen LogP contribution in [-0.4, -0.2) is 80.3 Å². The predicted octanol–water partition coefficient (Wildman–Crippen LogP) is -0.132. The molecular weight excluding hydrogens is 414 g/mol. The summed E-state index contributed by atoms with van der Waals surface area (Å²) in [6.45, 7) is 0.960. The zero-order valence-electron chi connectivity index (χ0n) is 16.6. The van der Waals surface area contributed by atoms with E-state index in [9.17, 15) is 19.2 Å². The van der Waals surface area contributed by atoms with Crippen molar-refractivity contribution in [1.82, 2.24) is 15.5 Å². The van der Waals surface area contributed by atoms with E-state index in [4.69, 9.17) is 21.7 Å². The molecule has 162 valence electrons. The molecule has 0 aliphatic carbocycles. The Hall–Kier alpha value is -3.05. The largest absolute Gasteiger partial charge is 0.465 e. The van der Waals surface area contributed by atoms with Gasteiger partial charge in [0.2, 0.25) is 5.91 Å². The molecule has 10 nitrogen and oxygen atoms in total. The zero-order chi connectivity index (χ0) is 22.1. The van der Waals surface area contributed by atoms with Gasteiger partial charge in [-0.2, -0.15) is 0 Å². The van der Waals surface area contributed by atoms with Gasteiger partial charge in [-0.1, -0.05) is 0 Å². The normalized spacial score (nSPS) is 15.7. The summed E-state index contributed by atoms with van der Waals surface area (Å²) >= 11 is 5.29. The highest BCUT2D eigenvalue weighted by Gasteiger charge is 2.34. The van der Waals surface area contributed by atoms with Gasteiger partial charge in [0.1, 0.15) is 12.6 Å². The maximum atomic E-state index is 12.5. The molecule has 30 heavy (non-hydrogen) atoms. The van der Waals surface area contributed by atoms with Crippen molar-refractivity contribution in [3.8, 4) is 0 Å². The molecule has 1 unspecified atom stereocenters. The highest BCUT2D eigenvalue weighted by atomic mass is 32.1. The first-order valence-corrected chi connectivity index (χ1v) is 9.50. The predicted molar refractivity (Wildman–Crippen MR) is 109 cm³/mol. The number of hydrogen-bond acceptors (Lipinski definition) is 8. The first-order valence-electron chi connectivity index (χ1n) is 9.10. The molecule has 11 heteroatoms. The van der Waals surface area contributed by atoms with Gasteiger partial charge in [0, 0.05) is 25.8 Å². The van der Waals surface area contributed by atoms with Crippen LogP contribution in [0, 0.1) is 0 Å². The molecule has 2 rings (SSSR count). The number of carbonyl (C=O) groups is 4. The van der Waals surface area contributed by atoms with Crippen LogP contribution in [0.3, 0.4) is 0 Å². The molecule has 1 atom stereocenters. The number of nitrogens with one attached hydrogen (secondary N) is 2. The molecule has 1 saturated heterocycles. The maximum Gasteiger partial charge on any atom is 0.337 e. The fourth-order valence-corrected chi connectivity index (χ4v) is 3.04. The Morgan fingerprint density at radius 2 is 1.83 bits per heavy atom. The Bertz CT molecular complexity index is 813. The van der Waals surface area contributed by atoms with Crippen LogP contribution in [0.2, 0.25) is 0 Å². The second-order valence-electron chi connectivity index (χ2n) is 6.25. The van der Waals surface area contributed by atoms with Crippen molar-refractivity contribution in [2.75, 3.05) is 40.5 Å². The third-order valence-corrected chi connectivity index (χ3v) is 4.63. The van der Waals surface area contributed by atoms with Gasteiger partial charge in [0.25, 0.3) is 5.91 Å². The van der Waals surface area contributed by atoms with E-state index in [2.05, 4.69) is 15.4 Å². The number of rotatable bonds is 7. The summed E-state index contributed by atoms with van der Waals surface area (Å²) in [6.07, 6.45) is -0.223. The monoisotopic (exact) mass is 437 g/mol. The summed E-state index contributed by atoms with van der Waals surface area (Å²) < 4.78 is 14.4. The van der Waals surface area contributed by atoms with Crippen LogP contribution < -0.4 is 10.6 Å². The first-order chi connectivity index (χ1) is 14.4. The molecule has 0 bridgehead atoms. The van der Waals surface area contributed by atoms with E-state index in [0.717, 1.165) is 0 Å². The van der Waals surface area contributed by atoms with Crippen LogP contribution in [0.15, 0.2) is 24.3 Å². The highest BCUT2D eigenvalue weighted by molar-refractivity contribution is 7.80. The number of nitrogens with zero attached hydrogens (tertiary/aromatic N) is 1. The molecule has 0 radical (unpaired) electrons. The van der Waals surface area contributed by atoms with Crippen LogP contribution in [0.5, 0.6) is 0 Å². The Balaban J connectivity index is 2.01. The fraction of sp³-hybridized carbons (Fsp3) is 0.421. The number of amides is 2. The van der Waals surface area contributed by atoms with Gasteiger partial charge in [-0.15, -0.1) is 0 Å². The molecule has 1 aliphatic rings. The molecule has 2 amide bonds. The number of thiocarbonyl (C=S) groups is 1. The van der Waals surface area contributed by atoms with E-state index in [1.54, 1.807) is 0 Å². The molecule has 1 aromatic carbocycles. The summed E-state index contributed by atoms with van der Waals surface area (Å²) in [5.41, 5.74) is 0.568. The average Bonchev–Trinajstić information content (AvgIpc) is 2.74. The molecule has 0 aromatic heterocycles. The summed E-state index contributed by atoms with van der Waals surface area (Å²) in [6, 6.07) is 4.92. The molecule has 0 spiro atoms. The van der Waals surface area contributed by atoms with Crippen molar-refractivity contribution in [1.29, 1.82) is 0 Å². The third-order valence-electron chi connectivity index (χ3n) is 4.29. The van der Waals surface area contributed by atoms with Gasteiger partial charge in [0.15, 0.2) is 5.11 Å². The zero-order valence-corrected chi connectivity index (χ0v) is 17.5. The van der Waals surface area contributed by atoms with Gasteiger partial charge in [0.05, 0.1) is 25.7 Å². The van der Waals surface area contributed by atoms with E-state index < -0.39 is 23.9 Å². The van der Waals surface area contributed by atoms with E-state index >= 15 is 0 Å². The molecule has 1 aromatic rings. The standard InChI is InChI=1S/C19H23N3O7S/c1-27-9-10-29-15(23)11-14-17(25)20-7-8-22(14)19(30)21-16(24)12-3-5-13(6-4-12)18(26)28-2/h3-6,14H,7-11H2,1-2H3,(H,20,25)(H,21,24,30). The van der Waals surface area contributed by atoms with Gasteiger partial charge >= 0.3 is 11.9 Å². The second kappa shape index (κ2) is 11.2. The van der Waals surface area contributed by atoms with Gasteiger partial charge < -0.3 is 24.4 Å². The third kappa shape index (κ3) is 6.22. The molecular formula is C19H23N3O7S. The number of ether oxygens (including phenoxy) is 3. The van der Waals surface area contributed by atoms with Crippen molar-refractivity contribution in [3.05, 3.63) is 35.4 Å². The smallest absolute Gasteiger partial charge is 0.337 e. The number of hydrogen-bond donors (Lipinski definition) is 2. The minimum absolute atomic E-state index is 0.0154. The van der Waals surface area contributed by atoms with Crippen LogP contribution in [0.25, 0.3) is 0 Å². The van der Waals surface area contributed by atoms with Crippen molar-refractivity contribution < 1.29 is 33.4 Å². The Morgan fingerprint density at radius 3 is 2.47 bits per heavy atom. The van der Waals surface area contributed by atoms with Crippen LogP contribution >= 0.6 is 12.2 Å². The van der Waals surface area contributed by atoms with E-state index in [1.807, 2.05) is 0 Å². The van der Waals surface area contributed by atoms with Gasteiger partial charge in [-0.05, 0) is 36.5 Å². The summed E-state index contributed by atoms with van der Waals surface area (Å²) in [4.78, 5) is 49.7. The van der Waals surface area contributed by atoms with Crippen molar-refractivity contribution >= 4 is 41.1 Å². The molecule has 1 fully saturated rings. The van der Waals surface area contributed by atoms with Crippen LogP contribution in [0.1, 0.15) is 27.1 Å². The average molecular weight is 437 g/mol. The Labute approximate surface area is 178 Å². The molecule has 1 heterocycles. The summed E-state index contributed by atoms with van der Waals surface area (Å²) in [5, 5.41) is 5.24. The lowest BCUT2D eigenvalue weighted by Crippen LogP contribution is -2.60. The minimum Gasteiger partial charge on any atom is -0.465 e. The first kappa shape index (κ1) is 23.2. The van der Waals surface area contributed by atoms with E-state index in [-0.39, 0.29) is 36.2 Å². The van der Waals surface area contributed by atoms with Crippen molar-refractivity contribution in [2.45, 2.75) is 12.5 Å². The lowest BCUT2D eigenvalue weighted by molar-refractivity contribution is -0.148. The van der Waals surface area contributed by atoms with E-state index in [0.29, 0.717) is 18.7 Å². The lowest BCUT2D eigenvalue weighted by Gasteiger charge is -2.36. The minimum atomic E-state index is -0.900. The Morgan fingerprint density at radius 1 is 1.17 bits per heavy atom. The van der Waals surface area contributed by atoms with E-state index in [1.165, 1.54) is 43.4 Å². The quantitative estimate of drug-likeness (QED) is 0.341. The fourth-order valence-electron chi connectivity index (χ4n) is 2.73. The number of piperazine rings is 1. The van der Waals surface area contributed by atoms with Crippen LogP contribution in [-0.2, 0) is 23.8 Å².